The van der Waals surface area contributed by atoms with E-state index >= 15 is 0 Å². The van der Waals surface area contributed by atoms with Gasteiger partial charge in [-0.3, -0.25) is 0 Å². The predicted octanol–water partition coefficient (Wildman–Crippen LogP) is 2.67. The molecule has 0 radical (unpaired) electrons. The summed E-state index contributed by atoms with van der Waals surface area (Å²) in [7, 11) is 0. The molecule has 1 aromatic heterocycles. The number of hydrogen-bond donors (Lipinski definition) is 0. The normalized spacial score (nSPS) is 10.7. The van der Waals surface area contributed by atoms with Crippen LogP contribution >= 0.6 is 11.6 Å². The van der Waals surface area contributed by atoms with E-state index in [1.807, 2.05) is 10.9 Å². The van der Waals surface area contributed by atoms with Crippen LogP contribution in [0, 0.1) is 0 Å². The third kappa shape index (κ3) is 3.30. The lowest BCUT2D eigenvalue weighted by atomic mass is 10.1. The first-order chi connectivity index (χ1) is 8.31. The summed E-state index contributed by atoms with van der Waals surface area (Å²) in [5, 5.41) is 8.15. The number of rotatable bonds is 5. The predicted molar refractivity (Wildman–Crippen MR) is 69.4 cm³/mol. The Morgan fingerprint density at radius 1 is 1.18 bits per heavy atom. The molecule has 0 aliphatic heterocycles. The summed E-state index contributed by atoms with van der Waals surface area (Å²) in [6.07, 6.45) is 3.80. The number of aromatic nitrogens is 3. The summed E-state index contributed by atoms with van der Waals surface area (Å²) in [5.74, 6) is 0.587. The standard InChI is InChI=1S/C13H16ClN3/c1-2-11-3-5-12(6-4-11)9-17-10-13(7-8-14)15-16-17/h3-6,10H,2,7-9H2,1H3. The van der Waals surface area contributed by atoms with E-state index in [9.17, 15) is 0 Å². The summed E-state index contributed by atoms with van der Waals surface area (Å²) < 4.78 is 1.85. The largest absolute Gasteiger partial charge is 0.248 e. The zero-order chi connectivity index (χ0) is 12.1. The minimum Gasteiger partial charge on any atom is -0.248 e. The lowest BCUT2D eigenvalue weighted by molar-refractivity contribution is 0.649. The van der Waals surface area contributed by atoms with Crippen LogP contribution in [0.1, 0.15) is 23.7 Å². The maximum atomic E-state index is 5.66. The van der Waals surface area contributed by atoms with Crippen molar-refractivity contribution in [2.45, 2.75) is 26.3 Å². The molecule has 1 heterocycles. The zero-order valence-corrected chi connectivity index (χ0v) is 10.7. The highest BCUT2D eigenvalue weighted by Crippen LogP contribution is 2.07. The molecule has 0 spiro atoms. The van der Waals surface area contributed by atoms with Gasteiger partial charge in [-0.15, -0.1) is 16.7 Å². The van der Waals surface area contributed by atoms with Crippen LogP contribution in [0.25, 0.3) is 0 Å². The Morgan fingerprint density at radius 3 is 2.53 bits per heavy atom. The van der Waals surface area contributed by atoms with Gasteiger partial charge in [-0.2, -0.15) is 0 Å². The lowest BCUT2D eigenvalue weighted by Gasteiger charge is -2.02. The number of aryl methyl sites for hydroxylation is 2. The van der Waals surface area contributed by atoms with E-state index in [1.54, 1.807) is 0 Å². The second-order valence-corrected chi connectivity index (χ2v) is 4.39. The summed E-state index contributed by atoms with van der Waals surface area (Å²) in [4.78, 5) is 0. The Morgan fingerprint density at radius 2 is 1.88 bits per heavy atom. The van der Waals surface area contributed by atoms with Crippen LogP contribution < -0.4 is 0 Å². The molecule has 0 saturated heterocycles. The van der Waals surface area contributed by atoms with Crippen LogP contribution in [0.15, 0.2) is 30.5 Å². The first-order valence-corrected chi connectivity index (χ1v) is 6.38. The van der Waals surface area contributed by atoms with Gasteiger partial charge in [-0.1, -0.05) is 36.4 Å². The van der Waals surface area contributed by atoms with Crippen molar-refractivity contribution in [2.75, 3.05) is 5.88 Å². The van der Waals surface area contributed by atoms with Gasteiger partial charge in [0.05, 0.1) is 12.2 Å². The molecule has 0 amide bonds. The average molecular weight is 250 g/mol. The Bertz CT molecular complexity index is 462. The van der Waals surface area contributed by atoms with Crippen molar-refractivity contribution in [3.63, 3.8) is 0 Å². The van der Waals surface area contributed by atoms with E-state index in [-0.39, 0.29) is 0 Å². The van der Waals surface area contributed by atoms with E-state index < -0.39 is 0 Å². The van der Waals surface area contributed by atoms with E-state index in [1.165, 1.54) is 11.1 Å². The van der Waals surface area contributed by atoms with Crippen molar-refractivity contribution < 1.29 is 0 Å². The third-order valence-corrected chi connectivity index (χ3v) is 2.90. The van der Waals surface area contributed by atoms with Crippen molar-refractivity contribution in [1.82, 2.24) is 15.0 Å². The van der Waals surface area contributed by atoms with Gasteiger partial charge in [-0.25, -0.2) is 4.68 Å². The molecular formula is C13H16ClN3. The van der Waals surface area contributed by atoms with E-state index in [2.05, 4.69) is 41.5 Å². The molecule has 0 aliphatic rings. The molecular weight excluding hydrogens is 234 g/mol. The molecule has 17 heavy (non-hydrogen) atoms. The number of nitrogens with zero attached hydrogens (tertiary/aromatic N) is 3. The van der Waals surface area contributed by atoms with Crippen molar-refractivity contribution in [3.05, 3.63) is 47.3 Å². The summed E-state index contributed by atoms with van der Waals surface area (Å²) in [6, 6.07) is 8.60. The van der Waals surface area contributed by atoms with Crippen LogP contribution in [0.2, 0.25) is 0 Å². The molecule has 0 atom stereocenters. The van der Waals surface area contributed by atoms with Crippen LogP contribution in [0.5, 0.6) is 0 Å². The van der Waals surface area contributed by atoms with Gasteiger partial charge in [0.15, 0.2) is 0 Å². The number of hydrogen-bond acceptors (Lipinski definition) is 2. The third-order valence-electron chi connectivity index (χ3n) is 2.71. The van der Waals surface area contributed by atoms with Crippen molar-refractivity contribution in [1.29, 1.82) is 0 Å². The van der Waals surface area contributed by atoms with Gasteiger partial charge in [-0.05, 0) is 17.5 Å². The Labute approximate surface area is 106 Å². The van der Waals surface area contributed by atoms with Gasteiger partial charge < -0.3 is 0 Å². The molecule has 0 aliphatic carbocycles. The minimum absolute atomic E-state index is 0.587. The molecule has 4 heteroatoms. The molecule has 0 bridgehead atoms. The zero-order valence-electron chi connectivity index (χ0n) is 9.93. The summed E-state index contributed by atoms with van der Waals surface area (Å²) in [5.41, 5.74) is 3.55. The van der Waals surface area contributed by atoms with Gasteiger partial charge >= 0.3 is 0 Å². The van der Waals surface area contributed by atoms with Gasteiger partial charge in [0.1, 0.15) is 0 Å². The van der Waals surface area contributed by atoms with Gasteiger partial charge in [0.2, 0.25) is 0 Å². The molecule has 2 rings (SSSR count). The molecule has 90 valence electrons. The monoisotopic (exact) mass is 249 g/mol. The summed E-state index contributed by atoms with van der Waals surface area (Å²) >= 11 is 5.66. The first-order valence-electron chi connectivity index (χ1n) is 5.84. The van der Waals surface area contributed by atoms with Gasteiger partial charge in [0, 0.05) is 18.5 Å². The molecule has 3 nitrogen and oxygen atoms in total. The highest BCUT2D eigenvalue weighted by atomic mass is 35.5. The maximum Gasteiger partial charge on any atom is 0.0839 e. The molecule has 2 aromatic rings. The topological polar surface area (TPSA) is 30.7 Å². The number of halogens is 1. The van der Waals surface area contributed by atoms with Crippen LogP contribution in [-0.4, -0.2) is 20.9 Å². The number of benzene rings is 1. The molecule has 0 saturated carbocycles. The fraction of sp³-hybridized carbons (Fsp3) is 0.385. The summed E-state index contributed by atoms with van der Waals surface area (Å²) in [6.45, 7) is 2.92. The average Bonchev–Trinajstić information content (AvgIpc) is 2.78. The van der Waals surface area contributed by atoms with Crippen LogP contribution in [-0.2, 0) is 19.4 Å². The maximum absolute atomic E-state index is 5.66. The Balaban J connectivity index is 2.03. The Hall–Kier alpha value is -1.35. The molecule has 0 fully saturated rings. The fourth-order valence-corrected chi connectivity index (χ4v) is 1.89. The van der Waals surface area contributed by atoms with Crippen molar-refractivity contribution >= 4 is 11.6 Å². The molecule has 0 N–H and O–H groups in total. The minimum atomic E-state index is 0.587. The quantitative estimate of drug-likeness (QED) is 0.763. The van der Waals surface area contributed by atoms with Crippen LogP contribution in [0.4, 0.5) is 0 Å². The lowest BCUT2D eigenvalue weighted by Crippen LogP contribution is -2.00. The van der Waals surface area contributed by atoms with E-state index in [0.29, 0.717) is 5.88 Å². The molecule has 1 aromatic carbocycles. The van der Waals surface area contributed by atoms with Crippen LogP contribution in [0.3, 0.4) is 0 Å². The van der Waals surface area contributed by atoms with E-state index in [4.69, 9.17) is 11.6 Å². The SMILES string of the molecule is CCc1ccc(Cn2cc(CCCl)nn2)cc1. The fourth-order valence-electron chi connectivity index (χ4n) is 1.69. The highest BCUT2D eigenvalue weighted by Gasteiger charge is 2.01. The second-order valence-electron chi connectivity index (χ2n) is 4.02. The second kappa shape index (κ2) is 5.82. The first kappa shape index (κ1) is 12.1. The number of alkyl halides is 1. The smallest absolute Gasteiger partial charge is 0.0839 e. The van der Waals surface area contributed by atoms with Gasteiger partial charge in [0.25, 0.3) is 0 Å². The highest BCUT2D eigenvalue weighted by molar-refractivity contribution is 6.17. The van der Waals surface area contributed by atoms with E-state index in [0.717, 1.165) is 25.1 Å². The van der Waals surface area contributed by atoms with Crippen molar-refractivity contribution in [2.24, 2.45) is 0 Å². The Kier molecular flexibility index (Phi) is 4.15. The van der Waals surface area contributed by atoms with Crippen molar-refractivity contribution in [3.8, 4) is 0 Å². The molecule has 0 unspecified atom stereocenters.